The van der Waals surface area contributed by atoms with E-state index in [9.17, 15) is 0 Å². The van der Waals surface area contributed by atoms with E-state index in [1.165, 1.54) is 0 Å². The van der Waals surface area contributed by atoms with Crippen molar-refractivity contribution in [3.63, 3.8) is 0 Å². The fourth-order valence-electron chi connectivity index (χ4n) is 0.634. The second-order valence-electron chi connectivity index (χ2n) is 3.38. The highest BCUT2D eigenvalue weighted by atomic mass is 32.1. The van der Waals surface area contributed by atoms with Gasteiger partial charge in [0.05, 0.1) is 13.2 Å². The Bertz CT molecular complexity index is 243. The third-order valence-corrected chi connectivity index (χ3v) is 1.72. The lowest BCUT2D eigenvalue weighted by atomic mass is 10.4. The summed E-state index contributed by atoms with van der Waals surface area (Å²) in [7, 11) is 0. The van der Waals surface area contributed by atoms with Gasteiger partial charge in [0.1, 0.15) is 0 Å². The molecular formula is C11H25N3O3S3. The lowest BCUT2D eigenvalue weighted by molar-refractivity contribution is 0.300. The maximum atomic E-state index is 7.56. The van der Waals surface area contributed by atoms with Gasteiger partial charge in [-0.1, -0.05) is 26.7 Å². The van der Waals surface area contributed by atoms with Crippen molar-refractivity contribution in [3.05, 3.63) is 0 Å². The van der Waals surface area contributed by atoms with Gasteiger partial charge in [-0.3, -0.25) is 0 Å². The van der Waals surface area contributed by atoms with E-state index in [0.29, 0.717) is 13.2 Å². The van der Waals surface area contributed by atoms with Crippen molar-refractivity contribution in [2.45, 2.75) is 39.5 Å². The van der Waals surface area contributed by atoms with E-state index in [1.807, 2.05) is 0 Å². The molecule has 0 atom stereocenters. The third kappa shape index (κ3) is 53.6. The highest BCUT2D eigenvalue weighted by molar-refractivity contribution is 7.80. The number of nitrogens with two attached hydrogens (primary N) is 3. The van der Waals surface area contributed by atoms with Crippen molar-refractivity contribution in [1.82, 2.24) is 0 Å². The van der Waals surface area contributed by atoms with Crippen molar-refractivity contribution in [1.29, 1.82) is 0 Å². The number of unbranched alkanes of at least 4 members (excludes halogenated alkanes) is 2. The van der Waals surface area contributed by atoms with Crippen LogP contribution in [0, 0.1) is 0 Å². The lowest BCUT2D eigenvalue weighted by Gasteiger charge is -1.98. The van der Waals surface area contributed by atoms with E-state index in [0.717, 1.165) is 25.7 Å². The van der Waals surface area contributed by atoms with Gasteiger partial charge in [-0.05, 0) is 49.5 Å². The minimum atomic E-state index is -0.500. The van der Waals surface area contributed by atoms with Crippen LogP contribution in [0.3, 0.4) is 0 Å². The zero-order valence-electron chi connectivity index (χ0n) is 12.0. The molecule has 0 aliphatic carbocycles. The fraction of sp³-hybridized carbons (Fsp3) is 0.727. The van der Waals surface area contributed by atoms with Crippen LogP contribution in [-0.2, 0) is 9.47 Å². The van der Waals surface area contributed by atoms with Crippen molar-refractivity contribution >= 4 is 52.2 Å². The molecule has 20 heavy (non-hydrogen) atoms. The van der Waals surface area contributed by atoms with Gasteiger partial charge in [0.2, 0.25) is 0 Å². The Hall–Kier alpha value is -0.930. The summed E-state index contributed by atoms with van der Waals surface area (Å²) in [6, 6.07) is 0. The number of aliphatic hydroxyl groups is 1. The Morgan fingerprint density at radius 3 is 1.25 bits per heavy atom. The van der Waals surface area contributed by atoms with Gasteiger partial charge in [-0.25, -0.2) is 0 Å². The number of aliphatic hydroxyl groups excluding tert-OH is 1. The van der Waals surface area contributed by atoms with Crippen molar-refractivity contribution < 1.29 is 14.6 Å². The van der Waals surface area contributed by atoms with E-state index in [2.05, 4.69) is 56.2 Å². The summed E-state index contributed by atoms with van der Waals surface area (Å²) in [6.45, 7) is 5.49. The normalized spacial score (nSPS) is 8.10. The second kappa shape index (κ2) is 20.4. The summed E-state index contributed by atoms with van der Waals surface area (Å²) in [5, 5.41) is 7.37. The predicted octanol–water partition coefficient (Wildman–Crippen LogP) is 1.88. The largest absolute Gasteiger partial charge is 0.487 e. The standard InChI is InChI=1S/2C5H11NOS.CH3NOS/c2*1-2-3-4-7-5(6)8;2-1(3)4/h2*2-4H2,1H3,(H2,6,8);(H3,2,3,4). The summed E-state index contributed by atoms with van der Waals surface area (Å²) >= 11 is 12.8. The molecule has 0 fully saturated rings. The molecular weight excluding hydrogens is 318 g/mol. The molecule has 0 aromatic carbocycles. The van der Waals surface area contributed by atoms with E-state index >= 15 is 0 Å². The van der Waals surface area contributed by atoms with Crippen LogP contribution < -0.4 is 17.2 Å². The van der Waals surface area contributed by atoms with Gasteiger partial charge in [0.25, 0.3) is 15.5 Å². The maximum Gasteiger partial charge on any atom is 0.253 e. The number of ether oxygens (including phenoxy) is 2. The van der Waals surface area contributed by atoms with Crippen LogP contribution in [0.25, 0.3) is 0 Å². The fourth-order valence-corrected chi connectivity index (χ4v) is 0.801. The highest BCUT2D eigenvalue weighted by Gasteiger charge is 1.85. The van der Waals surface area contributed by atoms with Gasteiger partial charge < -0.3 is 31.8 Å². The molecule has 0 saturated heterocycles. The minimum absolute atomic E-state index is 0.151. The lowest BCUT2D eigenvalue weighted by Crippen LogP contribution is -2.12. The van der Waals surface area contributed by atoms with Crippen LogP contribution in [0.2, 0.25) is 0 Å². The molecule has 0 aromatic heterocycles. The van der Waals surface area contributed by atoms with Crippen molar-refractivity contribution in [2.75, 3.05) is 13.2 Å². The van der Waals surface area contributed by atoms with E-state index in [4.69, 9.17) is 26.0 Å². The topological polar surface area (TPSA) is 117 Å². The molecule has 0 rings (SSSR count). The van der Waals surface area contributed by atoms with Gasteiger partial charge in [-0.15, -0.1) is 0 Å². The monoisotopic (exact) mass is 343 g/mol. The highest BCUT2D eigenvalue weighted by Crippen LogP contribution is 1.86. The summed E-state index contributed by atoms with van der Waals surface area (Å²) < 4.78 is 9.58. The molecule has 9 heteroatoms. The predicted molar refractivity (Wildman–Crippen MR) is 94.7 cm³/mol. The Morgan fingerprint density at radius 1 is 0.850 bits per heavy atom. The molecule has 0 heterocycles. The van der Waals surface area contributed by atoms with Crippen molar-refractivity contribution in [2.24, 2.45) is 17.2 Å². The van der Waals surface area contributed by atoms with E-state index < -0.39 is 5.17 Å². The molecule has 120 valence electrons. The molecule has 0 amide bonds. The van der Waals surface area contributed by atoms with Crippen molar-refractivity contribution in [3.8, 4) is 0 Å². The molecule has 0 bridgehead atoms. The summed E-state index contributed by atoms with van der Waals surface area (Å²) in [5.41, 5.74) is 14.5. The summed E-state index contributed by atoms with van der Waals surface area (Å²) in [4.78, 5) is 0. The summed E-state index contributed by atoms with van der Waals surface area (Å²) in [6.07, 6.45) is 4.28. The first-order valence-corrected chi connectivity index (χ1v) is 7.33. The third-order valence-electron chi connectivity index (χ3n) is 1.48. The Kier molecular flexibility index (Phi) is 24.6. The Labute approximate surface area is 137 Å². The van der Waals surface area contributed by atoms with Crippen LogP contribution in [0.1, 0.15) is 39.5 Å². The van der Waals surface area contributed by atoms with E-state index in [-0.39, 0.29) is 10.3 Å². The smallest absolute Gasteiger partial charge is 0.253 e. The molecule has 0 unspecified atom stereocenters. The van der Waals surface area contributed by atoms with Crippen LogP contribution in [0.4, 0.5) is 0 Å². The summed E-state index contributed by atoms with van der Waals surface area (Å²) in [5.74, 6) is 0. The zero-order chi connectivity index (χ0) is 16.4. The number of hydrogen-bond acceptors (Lipinski definition) is 5. The number of hydrogen-bond donors (Lipinski definition) is 4. The molecule has 0 aliphatic rings. The quantitative estimate of drug-likeness (QED) is 0.423. The molecule has 0 spiro atoms. The van der Waals surface area contributed by atoms with Crippen LogP contribution in [0.15, 0.2) is 0 Å². The first-order valence-electron chi connectivity index (χ1n) is 6.10. The average Bonchev–Trinajstić information content (AvgIpc) is 2.29. The van der Waals surface area contributed by atoms with Gasteiger partial charge >= 0.3 is 0 Å². The van der Waals surface area contributed by atoms with Crippen LogP contribution in [0.5, 0.6) is 0 Å². The first-order chi connectivity index (χ1) is 9.27. The Balaban J connectivity index is -0.000000230. The second-order valence-corrected chi connectivity index (χ2v) is 4.60. The SMILES string of the molecule is CCCCOC(N)=S.CCCCOC(N)=S.NC(O)=S. The number of rotatable bonds is 6. The first kappa shape index (κ1) is 24.1. The minimum Gasteiger partial charge on any atom is -0.487 e. The Morgan fingerprint density at radius 2 is 1.10 bits per heavy atom. The van der Waals surface area contributed by atoms with E-state index in [1.54, 1.807) is 0 Å². The zero-order valence-corrected chi connectivity index (χ0v) is 14.4. The molecule has 0 saturated carbocycles. The number of thiocarbonyl (C=S) groups is 3. The molecule has 7 N–H and O–H groups in total. The van der Waals surface area contributed by atoms with Crippen LogP contribution >= 0.6 is 36.7 Å². The van der Waals surface area contributed by atoms with Crippen LogP contribution in [-0.4, -0.2) is 33.8 Å². The molecule has 0 radical (unpaired) electrons. The van der Waals surface area contributed by atoms with Gasteiger partial charge in [0, 0.05) is 0 Å². The molecule has 0 aliphatic heterocycles. The average molecular weight is 344 g/mol. The molecule has 0 aromatic rings. The maximum absolute atomic E-state index is 7.56. The van der Waals surface area contributed by atoms with Gasteiger partial charge in [0.15, 0.2) is 0 Å². The molecule has 6 nitrogen and oxygen atoms in total. The van der Waals surface area contributed by atoms with Gasteiger partial charge in [-0.2, -0.15) is 0 Å².